The summed E-state index contributed by atoms with van der Waals surface area (Å²) >= 11 is 0. The number of rotatable bonds is 4. The van der Waals surface area contributed by atoms with Crippen molar-refractivity contribution >= 4 is 32.8 Å². The van der Waals surface area contributed by atoms with Crippen LogP contribution in [0.4, 0.5) is 0 Å². The van der Waals surface area contributed by atoms with Crippen LogP contribution in [0, 0.1) is 0 Å². The Morgan fingerprint density at radius 1 is 0.723 bits per heavy atom. The Balaban J connectivity index is 1.15. The number of pyridine rings is 1. The first-order valence-electron chi connectivity index (χ1n) is 16.1. The number of hydrogen-bond acceptors (Lipinski definition) is 4. The maximum absolute atomic E-state index is 6.60. The zero-order valence-corrected chi connectivity index (χ0v) is 27.1. The number of fused-ring (bicyclic) bond motifs is 8. The predicted molar refractivity (Wildman–Crippen MR) is 188 cm³/mol. The van der Waals surface area contributed by atoms with E-state index < -0.39 is 0 Å². The van der Waals surface area contributed by atoms with E-state index in [0.29, 0.717) is 0 Å². The first-order chi connectivity index (χ1) is 22.7. The van der Waals surface area contributed by atoms with Crippen molar-refractivity contribution in [1.29, 1.82) is 0 Å². The van der Waals surface area contributed by atoms with Gasteiger partial charge in [-0.3, -0.25) is 4.57 Å². The fraction of sp³-hybridized carbons (Fsp3) is 0.171. The molecule has 4 heterocycles. The summed E-state index contributed by atoms with van der Waals surface area (Å²) in [6.07, 6.45) is 3.79. The Morgan fingerprint density at radius 3 is 2.30 bits per heavy atom. The molecule has 47 heavy (non-hydrogen) atoms. The number of nitrogens with zero attached hydrogens (tertiary/aromatic N) is 4. The van der Waals surface area contributed by atoms with Crippen LogP contribution in [0.25, 0.3) is 55.5 Å². The molecule has 0 amide bonds. The summed E-state index contributed by atoms with van der Waals surface area (Å²) in [4.78, 5) is 9.68. The van der Waals surface area contributed by atoms with Gasteiger partial charge >= 0.3 is 0 Å². The van der Waals surface area contributed by atoms with E-state index in [1.54, 1.807) is 0 Å². The quantitative estimate of drug-likeness (QED) is 0.198. The highest BCUT2D eigenvalue weighted by molar-refractivity contribution is 6.09. The van der Waals surface area contributed by atoms with Crippen molar-refractivity contribution in [3.8, 4) is 34.3 Å². The molecule has 0 N–H and O–H groups in total. The molecule has 4 aromatic heterocycles. The summed E-state index contributed by atoms with van der Waals surface area (Å²) in [5.41, 5.74) is 8.16. The maximum Gasteiger partial charge on any atom is 0.137 e. The average Bonchev–Trinajstić information content (AvgIpc) is 3.80. The van der Waals surface area contributed by atoms with Crippen LogP contribution in [0.5, 0.6) is 11.5 Å². The number of ether oxygens (including phenoxy) is 1. The smallest absolute Gasteiger partial charge is 0.137 e. The number of furan rings is 1. The molecule has 0 radical (unpaired) electrons. The molecule has 6 nitrogen and oxygen atoms in total. The van der Waals surface area contributed by atoms with Crippen LogP contribution in [0.2, 0.25) is 0 Å². The minimum atomic E-state index is -0.379. The third-order valence-electron chi connectivity index (χ3n) is 9.55. The minimum Gasteiger partial charge on any atom is -0.459 e. The second-order valence-electron chi connectivity index (χ2n) is 14.0. The second-order valence-corrected chi connectivity index (χ2v) is 14.0. The van der Waals surface area contributed by atoms with Gasteiger partial charge in [0, 0.05) is 28.4 Å². The van der Waals surface area contributed by atoms with Crippen molar-refractivity contribution in [3.63, 3.8) is 0 Å². The summed E-state index contributed by atoms with van der Waals surface area (Å²) < 4.78 is 17.6. The Labute approximate surface area is 272 Å². The van der Waals surface area contributed by atoms with Crippen molar-refractivity contribution in [2.45, 2.75) is 45.4 Å². The Bertz CT molecular complexity index is 2510. The number of para-hydroxylation sites is 2. The molecule has 9 rings (SSSR count). The van der Waals surface area contributed by atoms with Crippen LogP contribution in [-0.4, -0.2) is 19.1 Å². The molecule has 0 aliphatic heterocycles. The molecule has 0 fully saturated rings. The Kier molecular flexibility index (Phi) is 5.71. The third-order valence-corrected chi connectivity index (χ3v) is 9.55. The highest BCUT2D eigenvalue weighted by Crippen LogP contribution is 2.53. The van der Waals surface area contributed by atoms with Crippen molar-refractivity contribution in [2.24, 2.45) is 0 Å². The van der Waals surface area contributed by atoms with Crippen LogP contribution in [0.15, 0.2) is 120 Å². The van der Waals surface area contributed by atoms with E-state index in [1.807, 2.05) is 48.9 Å². The van der Waals surface area contributed by atoms with E-state index in [4.69, 9.17) is 14.1 Å². The third kappa shape index (κ3) is 4.04. The molecule has 0 spiro atoms. The molecule has 8 aromatic rings. The van der Waals surface area contributed by atoms with Crippen LogP contribution in [0.3, 0.4) is 0 Å². The van der Waals surface area contributed by atoms with Gasteiger partial charge in [0.15, 0.2) is 0 Å². The molecule has 0 atom stereocenters. The lowest BCUT2D eigenvalue weighted by molar-refractivity contribution is 0.452. The highest BCUT2D eigenvalue weighted by Gasteiger charge is 2.45. The van der Waals surface area contributed by atoms with E-state index in [1.165, 1.54) is 10.9 Å². The van der Waals surface area contributed by atoms with Crippen molar-refractivity contribution in [1.82, 2.24) is 19.1 Å². The van der Waals surface area contributed by atoms with Crippen molar-refractivity contribution in [3.05, 3.63) is 133 Å². The summed E-state index contributed by atoms with van der Waals surface area (Å²) in [6, 6.07) is 35.4. The molecule has 230 valence electrons. The zero-order valence-electron chi connectivity index (χ0n) is 27.1. The van der Waals surface area contributed by atoms with Gasteiger partial charge in [-0.05, 0) is 79.4 Å². The van der Waals surface area contributed by atoms with Gasteiger partial charge in [0.05, 0.1) is 39.1 Å². The lowest BCUT2D eigenvalue weighted by Gasteiger charge is -2.26. The topological polar surface area (TPSA) is 58.0 Å². The van der Waals surface area contributed by atoms with Crippen LogP contribution < -0.4 is 4.74 Å². The number of imidazole rings is 1. The standard InChI is InChI=1S/C41H34N4O2/c1-40(2,3)30-13-7-9-15-32(30)44-24-43-37-36-29-22-25(18-20-34(29)47-39(36)41(4,5)38(37)44)46-26-17-19-28-27-12-6-8-14-31(27)45(33(28)23-26)35-16-10-11-21-42-35/h6-24H,1-5H3. The van der Waals surface area contributed by atoms with Crippen LogP contribution >= 0.6 is 0 Å². The molecular formula is C41H34N4O2. The molecular weight excluding hydrogens is 580 g/mol. The molecule has 0 bridgehead atoms. The van der Waals surface area contributed by atoms with Gasteiger partial charge in [-0.15, -0.1) is 0 Å². The van der Waals surface area contributed by atoms with Crippen molar-refractivity contribution < 1.29 is 9.15 Å². The number of hydrogen-bond donors (Lipinski definition) is 0. The molecule has 0 saturated heterocycles. The van der Waals surface area contributed by atoms with E-state index >= 15 is 0 Å². The van der Waals surface area contributed by atoms with E-state index in [2.05, 4.69) is 115 Å². The van der Waals surface area contributed by atoms with E-state index in [0.717, 1.165) is 73.1 Å². The fourth-order valence-electron chi connectivity index (χ4n) is 7.43. The highest BCUT2D eigenvalue weighted by atomic mass is 16.5. The largest absolute Gasteiger partial charge is 0.459 e. The summed E-state index contributed by atoms with van der Waals surface area (Å²) in [5, 5.41) is 3.33. The van der Waals surface area contributed by atoms with Gasteiger partial charge in [0.25, 0.3) is 0 Å². The van der Waals surface area contributed by atoms with Crippen LogP contribution in [-0.2, 0) is 10.8 Å². The van der Waals surface area contributed by atoms with Gasteiger partial charge in [-0.2, -0.15) is 0 Å². The normalized spacial score (nSPS) is 13.8. The summed E-state index contributed by atoms with van der Waals surface area (Å²) in [6.45, 7) is 11.2. The Morgan fingerprint density at radius 2 is 1.47 bits per heavy atom. The van der Waals surface area contributed by atoms with Gasteiger partial charge in [0.2, 0.25) is 0 Å². The minimum absolute atomic E-state index is 0.0169. The van der Waals surface area contributed by atoms with Gasteiger partial charge < -0.3 is 13.7 Å². The zero-order chi connectivity index (χ0) is 32.1. The first-order valence-corrected chi connectivity index (χ1v) is 16.1. The van der Waals surface area contributed by atoms with E-state index in [-0.39, 0.29) is 10.8 Å². The first kappa shape index (κ1) is 27.7. The van der Waals surface area contributed by atoms with Gasteiger partial charge in [0.1, 0.15) is 35.0 Å². The number of benzene rings is 4. The van der Waals surface area contributed by atoms with Crippen molar-refractivity contribution in [2.75, 3.05) is 0 Å². The Hall–Kier alpha value is -5.62. The summed E-state index contributed by atoms with van der Waals surface area (Å²) in [5.74, 6) is 3.30. The second kappa shape index (κ2) is 9.69. The van der Waals surface area contributed by atoms with Crippen LogP contribution in [0.1, 0.15) is 51.6 Å². The SMILES string of the molecule is CC(C)(C)c1ccccc1-n1cnc2c1C(C)(C)c1oc3ccc(Oc4ccc5c6ccccc6n(-c6ccccn6)c5c4)cc3c1-2. The van der Waals surface area contributed by atoms with Gasteiger partial charge in [-0.25, -0.2) is 9.97 Å². The molecule has 0 unspecified atom stereocenters. The van der Waals surface area contributed by atoms with E-state index in [9.17, 15) is 0 Å². The lowest BCUT2D eigenvalue weighted by Crippen LogP contribution is -2.21. The lowest BCUT2D eigenvalue weighted by atomic mass is 9.85. The summed E-state index contributed by atoms with van der Waals surface area (Å²) in [7, 11) is 0. The average molecular weight is 615 g/mol. The van der Waals surface area contributed by atoms with Gasteiger partial charge in [-0.1, -0.05) is 63.2 Å². The predicted octanol–water partition coefficient (Wildman–Crippen LogP) is 10.5. The molecule has 1 aliphatic rings. The molecule has 4 aromatic carbocycles. The molecule has 1 aliphatic carbocycles. The molecule has 0 saturated carbocycles. The number of aromatic nitrogens is 4. The molecule has 6 heteroatoms. The monoisotopic (exact) mass is 614 g/mol. The fourth-order valence-corrected chi connectivity index (χ4v) is 7.43. The maximum atomic E-state index is 6.60.